The van der Waals surface area contributed by atoms with Crippen LogP contribution in [0.1, 0.15) is 6.42 Å². The van der Waals surface area contributed by atoms with E-state index in [4.69, 9.17) is 0 Å². The average molecular weight is 227 g/mol. The summed E-state index contributed by atoms with van der Waals surface area (Å²) in [5, 5.41) is 19.7. The van der Waals surface area contributed by atoms with E-state index in [1.54, 1.807) is 4.90 Å². The minimum Gasteiger partial charge on any atom is -0.391 e. The van der Waals surface area contributed by atoms with E-state index in [2.05, 4.69) is 4.98 Å². The van der Waals surface area contributed by atoms with Gasteiger partial charge in [-0.1, -0.05) is 0 Å². The van der Waals surface area contributed by atoms with Crippen molar-refractivity contribution in [3.63, 3.8) is 0 Å². The van der Waals surface area contributed by atoms with Gasteiger partial charge >= 0.3 is 0 Å². The lowest BCUT2D eigenvalue weighted by molar-refractivity contribution is -0.385. The predicted octanol–water partition coefficient (Wildman–Crippen LogP) is 0.700. The Morgan fingerprint density at radius 1 is 1.69 bits per heavy atom. The number of nitro groups is 1. The fourth-order valence-corrected chi connectivity index (χ4v) is 1.69. The molecule has 0 aliphatic carbocycles. The molecule has 86 valence electrons. The van der Waals surface area contributed by atoms with Crippen molar-refractivity contribution in [1.29, 1.82) is 0 Å². The van der Waals surface area contributed by atoms with Gasteiger partial charge in [0.05, 0.1) is 17.1 Å². The highest BCUT2D eigenvalue weighted by atomic mass is 19.1. The summed E-state index contributed by atoms with van der Waals surface area (Å²) in [6.45, 7) is 0.810. The number of β-amino-alcohol motifs (C(OH)–C–C–N with tert-alkyl or cyclic N) is 1. The van der Waals surface area contributed by atoms with Crippen molar-refractivity contribution in [2.75, 3.05) is 18.0 Å². The summed E-state index contributed by atoms with van der Waals surface area (Å²) < 4.78 is 13.5. The van der Waals surface area contributed by atoms with Gasteiger partial charge in [0, 0.05) is 13.1 Å². The maximum absolute atomic E-state index is 13.5. The van der Waals surface area contributed by atoms with Crippen molar-refractivity contribution in [2.45, 2.75) is 12.5 Å². The number of aliphatic hydroxyl groups excluding tert-OH is 1. The van der Waals surface area contributed by atoms with E-state index in [1.165, 1.54) is 0 Å². The Labute approximate surface area is 90.5 Å². The number of nitrogens with zero attached hydrogens (tertiary/aromatic N) is 3. The lowest BCUT2D eigenvalue weighted by Crippen LogP contribution is -2.23. The van der Waals surface area contributed by atoms with Crippen molar-refractivity contribution in [2.24, 2.45) is 0 Å². The third-order valence-electron chi connectivity index (χ3n) is 2.48. The number of anilines is 1. The molecule has 0 aromatic carbocycles. The zero-order chi connectivity index (χ0) is 11.7. The van der Waals surface area contributed by atoms with Crippen LogP contribution in [0.25, 0.3) is 0 Å². The van der Waals surface area contributed by atoms with Crippen molar-refractivity contribution in [3.8, 4) is 0 Å². The third-order valence-corrected chi connectivity index (χ3v) is 2.48. The Morgan fingerprint density at radius 2 is 2.44 bits per heavy atom. The zero-order valence-electron chi connectivity index (χ0n) is 8.34. The molecule has 1 fully saturated rings. The van der Waals surface area contributed by atoms with Crippen LogP contribution in [0.15, 0.2) is 12.3 Å². The number of halogens is 1. The highest BCUT2D eigenvalue weighted by Gasteiger charge is 2.24. The van der Waals surface area contributed by atoms with Gasteiger partial charge in [-0.2, -0.15) is 0 Å². The van der Waals surface area contributed by atoms with Crippen LogP contribution in [-0.2, 0) is 0 Å². The molecule has 1 aromatic rings. The molecular formula is C9H10FN3O3. The number of pyridine rings is 1. The SMILES string of the molecule is O=[N+]([O-])c1cnc(N2CC[C@H](O)C2)c(F)c1. The van der Waals surface area contributed by atoms with Gasteiger partial charge in [-0.25, -0.2) is 9.37 Å². The van der Waals surface area contributed by atoms with E-state index in [0.29, 0.717) is 19.5 Å². The molecule has 1 aromatic heterocycles. The molecule has 0 saturated carbocycles. The second-order valence-corrected chi connectivity index (χ2v) is 3.64. The summed E-state index contributed by atoms with van der Waals surface area (Å²) in [5.41, 5.74) is -0.374. The normalized spacial score (nSPS) is 20.1. The maximum atomic E-state index is 13.5. The summed E-state index contributed by atoms with van der Waals surface area (Å²) in [6, 6.07) is 0.840. The molecule has 1 atom stereocenters. The Kier molecular flexibility index (Phi) is 2.69. The molecule has 0 unspecified atom stereocenters. The fourth-order valence-electron chi connectivity index (χ4n) is 1.69. The lowest BCUT2D eigenvalue weighted by atomic mass is 10.3. The molecule has 1 N–H and O–H groups in total. The van der Waals surface area contributed by atoms with E-state index in [1.807, 2.05) is 0 Å². The van der Waals surface area contributed by atoms with Gasteiger partial charge in [0.15, 0.2) is 11.6 Å². The average Bonchev–Trinajstić information content (AvgIpc) is 2.64. The molecule has 2 heterocycles. The Bertz CT molecular complexity index is 426. The van der Waals surface area contributed by atoms with E-state index in [-0.39, 0.29) is 11.5 Å². The number of hydrogen-bond donors (Lipinski definition) is 1. The topological polar surface area (TPSA) is 79.5 Å². The second kappa shape index (κ2) is 4.01. The molecule has 7 heteroatoms. The molecule has 0 radical (unpaired) electrons. The van der Waals surface area contributed by atoms with Crippen LogP contribution in [0.3, 0.4) is 0 Å². The van der Waals surface area contributed by atoms with Crippen LogP contribution in [-0.4, -0.2) is 34.2 Å². The number of hydrogen-bond acceptors (Lipinski definition) is 5. The summed E-state index contributed by atoms with van der Waals surface area (Å²) in [6.07, 6.45) is 1.08. The first kappa shape index (κ1) is 10.7. The van der Waals surface area contributed by atoms with Crippen LogP contribution in [0.5, 0.6) is 0 Å². The van der Waals surface area contributed by atoms with E-state index in [0.717, 1.165) is 12.3 Å². The van der Waals surface area contributed by atoms with Crippen molar-refractivity contribution >= 4 is 11.5 Å². The zero-order valence-corrected chi connectivity index (χ0v) is 8.34. The minimum absolute atomic E-state index is 0.0575. The van der Waals surface area contributed by atoms with Crippen LogP contribution in [0.4, 0.5) is 15.9 Å². The molecule has 1 aliphatic heterocycles. The highest BCUT2D eigenvalue weighted by molar-refractivity contribution is 5.45. The number of aromatic nitrogens is 1. The summed E-state index contributed by atoms with van der Waals surface area (Å²) >= 11 is 0. The monoisotopic (exact) mass is 227 g/mol. The third kappa shape index (κ3) is 1.94. The van der Waals surface area contributed by atoms with Crippen LogP contribution in [0.2, 0.25) is 0 Å². The molecule has 2 rings (SSSR count). The van der Waals surface area contributed by atoms with Gasteiger partial charge in [0.1, 0.15) is 6.20 Å². The molecule has 16 heavy (non-hydrogen) atoms. The first-order valence-corrected chi connectivity index (χ1v) is 4.81. The number of rotatable bonds is 2. The van der Waals surface area contributed by atoms with Crippen molar-refractivity contribution in [1.82, 2.24) is 4.98 Å². The van der Waals surface area contributed by atoms with Gasteiger partial charge in [0.2, 0.25) is 0 Å². The molecule has 6 nitrogen and oxygen atoms in total. The largest absolute Gasteiger partial charge is 0.391 e. The fraction of sp³-hybridized carbons (Fsp3) is 0.444. The van der Waals surface area contributed by atoms with E-state index >= 15 is 0 Å². The molecule has 0 bridgehead atoms. The van der Waals surface area contributed by atoms with E-state index in [9.17, 15) is 19.6 Å². The summed E-state index contributed by atoms with van der Waals surface area (Å²) in [7, 11) is 0. The van der Waals surface area contributed by atoms with Gasteiger partial charge in [-0.3, -0.25) is 10.1 Å². The van der Waals surface area contributed by atoms with Crippen molar-refractivity contribution < 1.29 is 14.4 Å². The molecule has 1 saturated heterocycles. The first-order valence-electron chi connectivity index (χ1n) is 4.81. The smallest absolute Gasteiger partial charge is 0.290 e. The van der Waals surface area contributed by atoms with Gasteiger partial charge < -0.3 is 10.0 Å². The van der Waals surface area contributed by atoms with Crippen LogP contribution < -0.4 is 4.90 Å². The molecule has 1 aliphatic rings. The van der Waals surface area contributed by atoms with Gasteiger partial charge in [-0.05, 0) is 6.42 Å². The summed E-state index contributed by atoms with van der Waals surface area (Å²) in [4.78, 5) is 15.0. The molecular weight excluding hydrogens is 217 g/mol. The standard InChI is InChI=1S/C9H10FN3O3/c10-8-3-6(13(15)16)4-11-9(8)12-2-1-7(14)5-12/h3-4,7,14H,1-2,5H2/t7-/m0/s1. The Hall–Kier alpha value is -1.76. The van der Waals surface area contributed by atoms with E-state index < -0.39 is 16.8 Å². The van der Waals surface area contributed by atoms with Crippen LogP contribution >= 0.6 is 0 Å². The minimum atomic E-state index is -0.733. The second-order valence-electron chi connectivity index (χ2n) is 3.64. The van der Waals surface area contributed by atoms with Gasteiger partial charge in [-0.15, -0.1) is 0 Å². The van der Waals surface area contributed by atoms with Crippen molar-refractivity contribution in [3.05, 3.63) is 28.2 Å². The quantitative estimate of drug-likeness (QED) is 0.594. The summed E-state index contributed by atoms with van der Waals surface area (Å²) in [5.74, 6) is -0.676. The van der Waals surface area contributed by atoms with Gasteiger partial charge in [0.25, 0.3) is 5.69 Å². The predicted molar refractivity (Wildman–Crippen MR) is 53.7 cm³/mol. The molecule has 0 spiro atoms. The number of aliphatic hydroxyl groups is 1. The maximum Gasteiger partial charge on any atom is 0.290 e. The van der Waals surface area contributed by atoms with Crippen LogP contribution in [0, 0.1) is 15.9 Å². The highest BCUT2D eigenvalue weighted by Crippen LogP contribution is 2.24. The lowest BCUT2D eigenvalue weighted by Gasteiger charge is -2.16. The first-order chi connectivity index (χ1) is 7.58. The Balaban J connectivity index is 2.26. The molecule has 0 amide bonds. The Morgan fingerprint density at radius 3 is 2.94 bits per heavy atom.